The van der Waals surface area contributed by atoms with Crippen molar-refractivity contribution >= 4 is 34.1 Å². The fourth-order valence-corrected chi connectivity index (χ4v) is 3.56. The van der Waals surface area contributed by atoms with E-state index in [0.29, 0.717) is 0 Å². The van der Waals surface area contributed by atoms with Crippen LogP contribution in [0.15, 0.2) is 77.7 Å². The van der Waals surface area contributed by atoms with Gasteiger partial charge in [-0.2, -0.15) is 0 Å². The van der Waals surface area contributed by atoms with Gasteiger partial charge in [-0.25, -0.2) is 0 Å². The summed E-state index contributed by atoms with van der Waals surface area (Å²) in [6, 6.07) is 24.3. The number of hydrogen-bond donors (Lipinski definition) is 0. The molecular weight excluding hydrogens is 302 g/mol. The molecule has 0 heterocycles. The lowest BCUT2D eigenvalue weighted by molar-refractivity contribution is -0.117. The normalized spacial score (nSPS) is 12.1. The number of anilines is 1. The van der Waals surface area contributed by atoms with Gasteiger partial charge in [-0.3, -0.25) is 4.79 Å². The van der Waals surface area contributed by atoms with E-state index in [1.165, 1.54) is 10.8 Å². The molecule has 1 atom stereocenters. The number of fused-ring (bicyclic) bond motifs is 1. The number of carbonyl (C=O) groups excluding carboxylic acids is 1. The van der Waals surface area contributed by atoms with E-state index in [-0.39, 0.29) is 11.2 Å². The minimum absolute atomic E-state index is 0.106. The molecule has 116 valence electrons. The Balaban J connectivity index is 1.74. The first-order valence-corrected chi connectivity index (χ1v) is 8.51. The summed E-state index contributed by atoms with van der Waals surface area (Å²) in [5.41, 5.74) is 0.920. The Morgan fingerprint density at radius 1 is 0.913 bits per heavy atom. The van der Waals surface area contributed by atoms with E-state index >= 15 is 0 Å². The molecule has 0 aromatic heterocycles. The van der Waals surface area contributed by atoms with E-state index in [1.807, 2.05) is 56.4 Å². The summed E-state index contributed by atoms with van der Waals surface area (Å²) in [6.07, 6.45) is 0. The maximum Gasteiger partial charge on any atom is 0.239 e. The molecule has 1 amide bonds. The highest BCUT2D eigenvalue weighted by molar-refractivity contribution is 8.00. The molecule has 0 saturated heterocycles. The van der Waals surface area contributed by atoms with Gasteiger partial charge in [-0.15, -0.1) is 11.8 Å². The lowest BCUT2D eigenvalue weighted by Crippen LogP contribution is -2.33. The molecule has 23 heavy (non-hydrogen) atoms. The Morgan fingerprint density at radius 3 is 2.30 bits per heavy atom. The van der Waals surface area contributed by atoms with Gasteiger partial charge in [0.1, 0.15) is 0 Å². The van der Waals surface area contributed by atoms with Gasteiger partial charge in [0.05, 0.1) is 5.25 Å². The van der Waals surface area contributed by atoms with Crippen LogP contribution in [0.5, 0.6) is 0 Å². The average molecular weight is 321 g/mol. The molecule has 0 spiro atoms. The molecule has 0 aliphatic carbocycles. The van der Waals surface area contributed by atoms with Crippen LogP contribution in [0.1, 0.15) is 6.92 Å². The lowest BCUT2D eigenvalue weighted by atomic mass is 10.1. The first-order valence-electron chi connectivity index (χ1n) is 7.63. The van der Waals surface area contributed by atoms with E-state index in [1.54, 1.807) is 16.7 Å². The molecule has 0 unspecified atom stereocenters. The van der Waals surface area contributed by atoms with Crippen molar-refractivity contribution in [2.75, 3.05) is 11.9 Å². The molecule has 0 saturated carbocycles. The molecular formula is C20H19NOS. The maximum atomic E-state index is 12.6. The number of hydrogen-bond acceptors (Lipinski definition) is 2. The highest BCUT2D eigenvalue weighted by atomic mass is 32.2. The second-order valence-electron chi connectivity index (χ2n) is 5.50. The van der Waals surface area contributed by atoms with Crippen LogP contribution in [0.25, 0.3) is 10.8 Å². The zero-order valence-corrected chi connectivity index (χ0v) is 14.1. The summed E-state index contributed by atoms with van der Waals surface area (Å²) in [7, 11) is 1.83. The molecule has 0 fully saturated rings. The van der Waals surface area contributed by atoms with Gasteiger partial charge >= 0.3 is 0 Å². The van der Waals surface area contributed by atoms with Gasteiger partial charge in [0, 0.05) is 17.6 Å². The fraction of sp³-hybridized carbons (Fsp3) is 0.150. The third kappa shape index (κ3) is 3.57. The summed E-state index contributed by atoms with van der Waals surface area (Å²) in [4.78, 5) is 15.5. The van der Waals surface area contributed by atoms with E-state index in [4.69, 9.17) is 0 Å². The van der Waals surface area contributed by atoms with Crippen molar-refractivity contribution < 1.29 is 4.79 Å². The van der Waals surface area contributed by atoms with Crippen molar-refractivity contribution in [3.8, 4) is 0 Å². The maximum absolute atomic E-state index is 12.6. The van der Waals surface area contributed by atoms with Crippen molar-refractivity contribution in [2.24, 2.45) is 0 Å². The SMILES string of the molecule is C[C@H](Sc1ccc2ccccc2c1)C(=O)N(C)c1ccccc1. The monoisotopic (exact) mass is 321 g/mol. The molecule has 0 aliphatic heterocycles. The molecule has 0 bridgehead atoms. The summed E-state index contributed by atoms with van der Waals surface area (Å²) in [5.74, 6) is 0.106. The summed E-state index contributed by atoms with van der Waals surface area (Å²) in [6.45, 7) is 1.96. The number of rotatable bonds is 4. The van der Waals surface area contributed by atoms with Crippen LogP contribution < -0.4 is 4.90 Å². The van der Waals surface area contributed by atoms with Crippen molar-refractivity contribution in [2.45, 2.75) is 17.1 Å². The summed E-state index contributed by atoms with van der Waals surface area (Å²) >= 11 is 1.60. The van der Waals surface area contributed by atoms with Gasteiger partial charge in [0.2, 0.25) is 5.91 Å². The molecule has 3 rings (SSSR count). The second-order valence-corrected chi connectivity index (χ2v) is 6.92. The lowest BCUT2D eigenvalue weighted by Gasteiger charge is -2.21. The number of thioether (sulfide) groups is 1. The molecule has 3 heteroatoms. The Bertz CT molecular complexity index is 816. The predicted octanol–water partition coefficient (Wildman–Crippen LogP) is 4.98. The van der Waals surface area contributed by atoms with Gasteiger partial charge in [-0.05, 0) is 42.0 Å². The number of nitrogens with zero attached hydrogens (tertiary/aromatic N) is 1. The Morgan fingerprint density at radius 2 is 1.57 bits per heavy atom. The molecule has 0 N–H and O–H groups in total. The molecule has 3 aromatic carbocycles. The molecule has 0 aliphatic rings. The van der Waals surface area contributed by atoms with Gasteiger partial charge in [0.15, 0.2) is 0 Å². The van der Waals surface area contributed by atoms with Crippen LogP contribution in [0.4, 0.5) is 5.69 Å². The van der Waals surface area contributed by atoms with Crippen LogP contribution in [-0.4, -0.2) is 18.2 Å². The number of benzene rings is 3. The highest BCUT2D eigenvalue weighted by Gasteiger charge is 2.19. The van der Waals surface area contributed by atoms with Crippen LogP contribution in [0, 0.1) is 0 Å². The first-order chi connectivity index (χ1) is 11.1. The number of amides is 1. The van der Waals surface area contributed by atoms with Crippen molar-refractivity contribution in [1.82, 2.24) is 0 Å². The van der Waals surface area contributed by atoms with Gasteiger partial charge in [-0.1, -0.05) is 48.5 Å². The average Bonchev–Trinajstić information content (AvgIpc) is 2.61. The van der Waals surface area contributed by atoms with Crippen molar-refractivity contribution in [3.63, 3.8) is 0 Å². The third-order valence-electron chi connectivity index (χ3n) is 3.86. The smallest absolute Gasteiger partial charge is 0.239 e. The van der Waals surface area contributed by atoms with E-state index < -0.39 is 0 Å². The third-order valence-corrected chi connectivity index (χ3v) is 4.94. The van der Waals surface area contributed by atoms with Crippen LogP contribution in [-0.2, 0) is 4.79 Å². The van der Waals surface area contributed by atoms with Crippen molar-refractivity contribution in [1.29, 1.82) is 0 Å². The number of carbonyl (C=O) groups is 1. The molecule has 2 nitrogen and oxygen atoms in total. The Hall–Kier alpha value is -2.26. The van der Waals surface area contributed by atoms with Crippen molar-refractivity contribution in [3.05, 3.63) is 72.8 Å². The van der Waals surface area contributed by atoms with Crippen LogP contribution in [0.2, 0.25) is 0 Å². The zero-order chi connectivity index (χ0) is 16.2. The standard InChI is InChI=1S/C20H19NOS/c1-15(20(22)21(2)18-10-4-3-5-11-18)23-19-13-12-16-8-6-7-9-17(16)14-19/h3-15H,1-2H3/t15-/m0/s1. The minimum atomic E-state index is -0.138. The quantitative estimate of drug-likeness (QED) is 0.631. The van der Waals surface area contributed by atoms with Gasteiger partial charge in [0.25, 0.3) is 0 Å². The first kappa shape index (κ1) is 15.6. The Kier molecular flexibility index (Phi) is 4.68. The second kappa shape index (κ2) is 6.88. The number of para-hydroxylation sites is 1. The van der Waals surface area contributed by atoms with Crippen LogP contribution in [0.3, 0.4) is 0 Å². The topological polar surface area (TPSA) is 20.3 Å². The van der Waals surface area contributed by atoms with E-state index in [2.05, 4.69) is 30.3 Å². The fourth-order valence-electron chi connectivity index (χ4n) is 2.55. The van der Waals surface area contributed by atoms with E-state index in [9.17, 15) is 4.79 Å². The Labute approximate surface area is 141 Å². The van der Waals surface area contributed by atoms with Gasteiger partial charge < -0.3 is 4.90 Å². The molecule has 0 radical (unpaired) electrons. The minimum Gasteiger partial charge on any atom is -0.315 e. The summed E-state index contributed by atoms with van der Waals surface area (Å²) in [5, 5.41) is 2.28. The predicted molar refractivity (Wildman–Crippen MR) is 99.1 cm³/mol. The molecule has 3 aromatic rings. The highest BCUT2D eigenvalue weighted by Crippen LogP contribution is 2.28. The largest absolute Gasteiger partial charge is 0.315 e. The zero-order valence-electron chi connectivity index (χ0n) is 13.3. The van der Waals surface area contributed by atoms with E-state index in [0.717, 1.165) is 10.6 Å². The summed E-state index contributed by atoms with van der Waals surface area (Å²) < 4.78 is 0. The van der Waals surface area contributed by atoms with Crippen LogP contribution >= 0.6 is 11.8 Å².